The first-order valence-corrected chi connectivity index (χ1v) is 9.70. The van der Waals surface area contributed by atoms with Gasteiger partial charge >= 0.3 is 0 Å². The predicted octanol–water partition coefficient (Wildman–Crippen LogP) is 2.16. The molecule has 2 aromatic heterocycles. The van der Waals surface area contributed by atoms with Crippen molar-refractivity contribution in [2.75, 3.05) is 20.1 Å². The van der Waals surface area contributed by atoms with Gasteiger partial charge in [-0.25, -0.2) is 4.98 Å². The molecule has 1 saturated heterocycles. The molecule has 0 N–H and O–H groups in total. The fraction of sp³-hybridized carbons (Fsp3) is 0.706. The second-order valence-corrected chi connectivity index (χ2v) is 8.32. The Morgan fingerprint density at radius 2 is 2.12 bits per heavy atom. The average molecular weight is 347 g/mol. The van der Waals surface area contributed by atoms with Crippen LogP contribution in [0.25, 0.3) is 0 Å². The number of aromatic nitrogens is 4. The lowest BCUT2D eigenvalue weighted by Crippen LogP contribution is -2.34. The maximum atomic E-state index is 4.59. The van der Waals surface area contributed by atoms with Gasteiger partial charge in [-0.05, 0) is 33.2 Å². The monoisotopic (exact) mass is 346 g/mol. The van der Waals surface area contributed by atoms with Crippen LogP contribution in [0.3, 0.4) is 0 Å². The summed E-state index contributed by atoms with van der Waals surface area (Å²) in [5.41, 5.74) is 1.21. The van der Waals surface area contributed by atoms with Crippen molar-refractivity contribution in [3.8, 4) is 0 Å². The third-order valence-corrected chi connectivity index (χ3v) is 6.08. The maximum absolute atomic E-state index is 4.59. The number of hydrogen-bond donors (Lipinski definition) is 0. The number of aryl methyl sites for hydroxylation is 1. The van der Waals surface area contributed by atoms with Crippen LogP contribution in [0.2, 0.25) is 0 Å². The van der Waals surface area contributed by atoms with Crippen LogP contribution in [0.15, 0.2) is 5.38 Å². The Balaban J connectivity index is 1.33. The van der Waals surface area contributed by atoms with E-state index in [1.165, 1.54) is 30.8 Å². The summed E-state index contributed by atoms with van der Waals surface area (Å²) >= 11 is 1.74. The summed E-state index contributed by atoms with van der Waals surface area (Å²) in [5, 5.41) is 12.2. The van der Waals surface area contributed by atoms with Crippen molar-refractivity contribution >= 4 is 11.3 Å². The molecule has 1 aliphatic carbocycles. The molecule has 2 aromatic rings. The molecule has 1 unspecified atom stereocenters. The topological polar surface area (TPSA) is 50.1 Å². The third-order valence-electron chi connectivity index (χ3n) is 5.26. The molecule has 2 aliphatic rings. The number of likely N-dealkylation sites (tertiary alicyclic amines) is 1. The van der Waals surface area contributed by atoms with Gasteiger partial charge < -0.3 is 4.57 Å². The molecule has 0 amide bonds. The van der Waals surface area contributed by atoms with E-state index in [1.54, 1.807) is 11.3 Å². The summed E-state index contributed by atoms with van der Waals surface area (Å²) in [5.74, 6) is 2.92. The molecule has 7 heteroatoms. The maximum Gasteiger partial charge on any atom is 0.146 e. The molecule has 4 rings (SSSR count). The minimum atomic E-state index is 0.589. The molecule has 1 saturated carbocycles. The zero-order valence-electron chi connectivity index (χ0n) is 14.8. The average Bonchev–Trinajstić information content (AvgIpc) is 2.96. The van der Waals surface area contributed by atoms with Crippen molar-refractivity contribution in [2.45, 2.75) is 51.2 Å². The van der Waals surface area contributed by atoms with Crippen LogP contribution in [0.4, 0.5) is 0 Å². The van der Waals surface area contributed by atoms with E-state index in [-0.39, 0.29) is 0 Å². The van der Waals surface area contributed by atoms with Crippen LogP contribution in [-0.2, 0) is 20.1 Å². The highest BCUT2D eigenvalue weighted by Gasteiger charge is 2.30. The summed E-state index contributed by atoms with van der Waals surface area (Å²) in [7, 11) is 4.33. The highest BCUT2D eigenvalue weighted by molar-refractivity contribution is 7.09. The molecule has 2 fully saturated rings. The third kappa shape index (κ3) is 3.38. The predicted molar refractivity (Wildman–Crippen MR) is 95.0 cm³/mol. The van der Waals surface area contributed by atoms with E-state index in [1.807, 2.05) is 0 Å². The minimum absolute atomic E-state index is 0.589. The van der Waals surface area contributed by atoms with E-state index < -0.39 is 0 Å². The summed E-state index contributed by atoms with van der Waals surface area (Å²) in [6.07, 6.45) is 3.76. The van der Waals surface area contributed by atoms with Crippen LogP contribution < -0.4 is 0 Å². The number of thiazole rings is 1. The molecule has 6 nitrogen and oxygen atoms in total. The van der Waals surface area contributed by atoms with Crippen molar-refractivity contribution in [2.24, 2.45) is 7.05 Å². The number of likely N-dealkylation sites (N-methyl/N-ethyl adjacent to an activating group) is 1. The quantitative estimate of drug-likeness (QED) is 0.802. The smallest absolute Gasteiger partial charge is 0.146 e. The summed E-state index contributed by atoms with van der Waals surface area (Å²) < 4.78 is 2.21. The van der Waals surface area contributed by atoms with Gasteiger partial charge in [-0.3, -0.25) is 9.80 Å². The molecule has 1 aliphatic heterocycles. The Labute approximate surface area is 147 Å². The first-order valence-electron chi connectivity index (χ1n) is 8.82. The highest BCUT2D eigenvalue weighted by atomic mass is 32.1. The highest BCUT2D eigenvalue weighted by Crippen LogP contribution is 2.38. The zero-order valence-corrected chi connectivity index (χ0v) is 15.6. The van der Waals surface area contributed by atoms with E-state index in [0.29, 0.717) is 12.0 Å². The SMILES string of the molecule is Cc1nc(CN2CCC(N(C)Cc3nnc(C4CC4)n3C)C2)cs1. The van der Waals surface area contributed by atoms with E-state index in [4.69, 9.17) is 0 Å². The lowest BCUT2D eigenvalue weighted by Gasteiger charge is -2.24. The zero-order chi connectivity index (χ0) is 16.7. The molecule has 0 spiro atoms. The van der Waals surface area contributed by atoms with Gasteiger partial charge in [0.25, 0.3) is 0 Å². The fourth-order valence-electron chi connectivity index (χ4n) is 3.59. The van der Waals surface area contributed by atoms with Crippen LogP contribution >= 0.6 is 11.3 Å². The Kier molecular flexibility index (Phi) is 4.40. The molecule has 3 heterocycles. The second kappa shape index (κ2) is 6.54. The van der Waals surface area contributed by atoms with Gasteiger partial charge in [0.15, 0.2) is 0 Å². The molecule has 130 valence electrons. The Hall–Kier alpha value is -1.31. The molecule has 0 radical (unpaired) electrons. The Bertz CT molecular complexity index is 704. The van der Waals surface area contributed by atoms with Crippen LogP contribution in [0, 0.1) is 6.92 Å². The van der Waals surface area contributed by atoms with Gasteiger partial charge in [0.1, 0.15) is 11.6 Å². The van der Waals surface area contributed by atoms with Gasteiger partial charge in [-0.1, -0.05) is 0 Å². The van der Waals surface area contributed by atoms with Gasteiger partial charge in [0.05, 0.1) is 17.2 Å². The second-order valence-electron chi connectivity index (χ2n) is 7.26. The van der Waals surface area contributed by atoms with E-state index in [0.717, 1.165) is 37.0 Å². The summed E-state index contributed by atoms with van der Waals surface area (Å²) in [6.45, 7) is 6.19. The minimum Gasteiger partial charge on any atom is -0.317 e. The Morgan fingerprint density at radius 3 is 2.83 bits per heavy atom. The van der Waals surface area contributed by atoms with Crippen LogP contribution in [0.5, 0.6) is 0 Å². The van der Waals surface area contributed by atoms with E-state index >= 15 is 0 Å². The largest absolute Gasteiger partial charge is 0.317 e. The van der Waals surface area contributed by atoms with Crippen molar-refractivity contribution in [3.05, 3.63) is 27.7 Å². The molecule has 1 atom stereocenters. The van der Waals surface area contributed by atoms with Crippen LogP contribution in [-0.4, -0.2) is 55.7 Å². The standard InChI is InChI=1S/C17H26N6S/c1-12-18-14(11-24-12)8-23-7-6-15(9-23)21(2)10-16-19-20-17(22(16)3)13-4-5-13/h11,13,15H,4-10H2,1-3H3. The van der Waals surface area contributed by atoms with E-state index in [9.17, 15) is 0 Å². The van der Waals surface area contributed by atoms with Crippen LogP contribution in [0.1, 0.15) is 47.5 Å². The number of rotatable bonds is 6. The molecule has 0 bridgehead atoms. The fourth-order valence-corrected chi connectivity index (χ4v) is 4.19. The normalized spacial score (nSPS) is 21.9. The molecular formula is C17H26N6S. The summed E-state index contributed by atoms with van der Waals surface area (Å²) in [6, 6.07) is 0.589. The van der Waals surface area contributed by atoms with Gasteiger partial charge in [-0.2, -0.15) is 0 Å². The van der Waals surface area contributed by atoms with Gasteiger partial charge in [0.2, 0.25) is 0 Å². The van der Waals surface area contributed by atoms with Crippen molar-refractivity contribution in [1.82, 2.24) is 29.5 Å². The lowest BCUT2D eigenvalue weighted by molar-refractivity contribution is 0.216. The van der Waals surface area contributed by atoms with Crippen molar-refractivity contribution < 1.29 is 0 Å². The molecule has 0 aromatic carbocycles. The number of nitrogens with zero attached hydrogens (tertiary/aromatic N) is 6. The van der Waals surface area contributed by atoms with Gasteiger partial charge in [0, 0.05) is 44.0 Å². The first-order chi connectivity index (χ1) is 11.6. The lowest BCUT2D eigenvalue weighted by atomic mass is 10.2. The van der Waals surface area contributed by atoms with Crippen molar-refractivity contribution in [3.63, 3.8) is 0 Å². The number of hydrogen-bond acceptors (Lipinski definition) is 6. The molecule has 24 heavy (non-hydrogen) atoms. The van der Waals surface area contributed by atoms with E-state index in [2.05, 4.69) is 55.9 Å². The van der Waals surface area contributed by atoms with Gasteiger partial charge in [-0.15, -0.1) is 21.5 Å². The Morgan fingerprint density at radius 1 is 1.29 bits per heavy atom. The first kappa shape index (κ1) is 16.2. The summed E-state index contributed by atoms with van der Waals surface area (Å²) in [4.78, 5) is 9.54. The molecular weight excluding hydrogens is 320 g/mol. The van der Waals surface area contributed by atoms with Crippen molar-refractivity contribution in [1.29, 1.82) is 0 Å².